The van der Waals surface area contributed by atoms with E-state index in [1.165, 1.54) is 11.3 Å². The molecule has 2 saturated heterocycles. The molecule has 2 aliphatic rings. The predicted octanol–water partition coefficient (Wildman–Crippen LogP) is 1.28. The maximum absolute atomic E-state index is 6.29. The first kappa shape index (κ1) is 18.2. The van der Waals surface area contributed by atoms with Crippen LogP contribution in [0.5, 0.6) is 0 Å². The van der Waals surface area contributed by atoms with E-state index in [1.54, 1.807) is 12.3 Å². The lowest BCUT2D eigenvalue weighted by atomic mass is 9.89. The number of aromatic nitrogens is 4. The van der Waals surface area contributed by atoms with Crippen molar-refractivity contribution in [3.05, 3.63) is 29.2 Å². The molecule has 8 nitrogen and oxygen atoms in total. The van der Waals surface area contributed by atoms with E-state index in [0.717, 1.165) is 63.8 Å². The van der Waals surface area contributed by atoms with Crippen molar-refractivity contribution >= 4 is 11.8 Å². The lowest BCUT2D eigenvalue weighted by Crippen LogP contribution is -2.56. The first-order valence-corrected chi connectivity index (χ1v) is 9.65. The van der Waals surface area contributed by atoms with Crippen LogP contribution in [0.3, 0.4) is 0 Å². The number of nitrogen functional groups attached to an aromatic ring is 1. The lowest BCUT2D eigenvalue weighted by Gasteiger charge is -2.47. The Morgan fingerprint density at radius 3 is 2.67 bits per heavy atom. The molecule has 0 atom stereocenters. The summed E-state index contributed by atoms with van der Waals surface area (Å²) in [5.74, 6) is 1.24. The quantitative estimate of drug-likeness (QED) is 0.870. The zero-order chi connectivity index (χ0) is 19.0. The van der Waals surface area contributed by atoms with Crippen LogP contribution < -0.4 is 10.6 Å². The van der Waals surface area contributed by atoms with E-state index in [0.29, 0.717) is 5.82 Å². The van der Waals surface area contributed by atoms with E-state index >= 15 is 0 Å². The molecule has 2 aromatic heterocycles. The van der Waals surface area contributed by atoms with Crippen molar-refractivity contribution in [3.8, 4) is 0 Å². The van der Waals surface area contributed by atoms with Gasteiger partial charge in [-0.25, -0.2) is 4.98 Å². The van der Waals surface area contributed by atoms with Crippen molar-refractivity contribution in [2.75, 3.05) is 43.4 Å². The number of rotatable bonds is 3. The van der Waals surface area contributed by atoms with Gasteiger partial charge in [0.1, 0.15) is 5.82 Å². The van der Waals surface area contributed by atoms with Crippen LogP contribution in [0.1, 0.15) is 29.8 Å². The molecular formula is C19H29N7O. The van der Waals surface area contributed by atoms with Crippen LogP contribution in [0, 0.1) is 13.8 Å². The number of aryl methyl sites for hydroxylation is 2. The van der Waals surface area contributed by atoms with Gasteiger partial charge in [-0.2, -0.15) is 10.1 Å². The maximum atomic E-state index is 6.29. The molecule has 0 radical (unpaired) electrons. The molecule has 2 aliphatic heterocycles. The summed E-state index contributed by atoms with van der Waals surface area (Å²) in [5, 5.41) is 4.56. The minimum atomic E-state index is -0.0703. The molecule has 0 saturated carbocycles. The van der Waals surface area contributed by atoms with Crippen LogP contribution >= 0.6 is 0 Å². The Morgan fingerprint density at radius 2 is 2.00 bits per heavy atom. The van der Waals surface area contributed by atoms with Crippen LogP contribution in [-0.2, 0) is 18.3 Å². The second-order valence-electron chi connectivity index (χ2n) is 7.78. The summed E-state index contributed by atoms with van der Waals surface area (Å²) in [6, 6.07) is 1.72. The molecule has 1 spiro atoms. The Hall–Kier alpha value is -2.19. The Morgan fingerprint density at radius 1 is 1.22 bits per heavy atom. The highest BCUT2D eigenvalue weighted by Gasteiger charge is 2.40. The fraction of sp³-hybridized carbons (Fsp3) is 0.632. The second-order valence-corrected chi connectivity index (χ2v) is 7.78. The van der Waals surface area contributed by atoms with Crippen LogP contribution in [0.4, 0.5) is 11.8 Å². The van der Waals surface area contributed by atoms with Crippen molar-refractivity contribution < 1.29 is 4.74 Å². The Labute approximate surface area is 160 Å². The standard InChI is InChI=1S/C19H29N7O/c1-14-16(15(2)24(3)23-14)12-25-10-11-27-19(13-25)5-8-26(9-6-19)18-21-7-4-17(20)22-18/h4,7H,5-6,8-13H2,1-3H3,(H2,20,21,22). The first-order chi connectivity index (χ1) is 13.0. The van der Waals surface area contributed by atoms with Gasteiger partial charge in [-0.05, 0) is 32.8 Å². The molecule has 0 aliphatic carbocycles. The van der Waals surface area contributed by atoms with Crippen LogP contribution in [0.15, 0.2) is 12.3 Å². The molecule has 0 bridgehead atoms. The fourth-order valence-corrected chi connectivity index (χ4v) is 4.26. The topological polar surface area (TPSA) is 85.3 Å². The van der Waals surface area contributed by atoms with Gasteiger partial charge in [0.2, 0.25) is 5.95 Å². The number of hydrogen-bond donors (Lipinski definition) is 1. The van der Waals surface area contributed by atoms with Gasteiger partial charge < -0.3 is 15.4 Å². The zero-order valence-corrected chi connectivity index (χ0v) is 16.5. The molecule has 0 amide bonds. The molecule has 0 aromatic carbocycles. The van der Waals surface area contributed by atoms with Gasteiger partial charge >= 0.3 is 0 Å². The highest BCUT2D eigenvalue weighted by molar-refractivity contribution is 5.38. The van der Waals surface area contributed by atoms with E-state index in [2.05, 4.69) is 38.7 Å². The first-order valence-electron chi connectivity index (χ1n) is 9.65. The SMILES string of the molecule is Cc1nn(C)c(C)c1CN1CCOC2(CCN(c3nccc(N)n3)CC2)C1. The Bertz CT molecular complexity index is 810. The van der Waals surface area contributed by atoms with Gasteiger partial charge in [0.05, 0.1) is 17.9 Å². The molecule has 2 fully saturated rings. The van der Waals surface area contributed by atoms with Crippen molar-refractivity contribution in [2.24, 2.45) is 7.05 Å². The third-order valence-corrected chi connectivity index (χ3v) is 5.99. The Kier molecular flexibility index (Phi) is 4.77. The van der Waals surface area contributed by atoms with E-state index in [9.17, 15) is 0 Å². The second kappa shape index (κ2) is 7.09. The number of anilines is 2. The lowest BCUT2D eigenvalue weighted by molar-refractivity contribution is -0.123. The molecule has 4 heterocycles. The summed E-state index contributed by atoms with van der Waals surface area (Å²) in [7, 11) is 2.01. The largest absolute Gasteiger partial charge is 0.384 e. The number of piperidine rings is 1. The zero-order valence-electron chi connectivity index (χ0n) is 16.5. The average molecular weight is 371 g/mol. The molecule has 2 N–H and O–H groups in total. The smallest absolute Gasteiger partial charge is 0.227 e. The normalized spacial score (nSPS) is 20.3. The van der Waals surface area contributed by atoms with Crippen molar-refractivity contribution in [1.29, 1.82) is 0 Å². The highest BCUT2D eigenvalue weighted by Crippen LogP contribution is 2.32. The van der Waals surface area contributed by atoms with E-state index in [-0.39, 0.29) is 5.60 Å². The van der Waals surface area contributed by atoms with Gasteiger partial charge in [-0.15, -0.1) is 0 Å². The van der Waals surface area contributed by atoms with E-state index in [1.807, 2.05) is 11.7 Å². The summed E-state index contributed by atoms with van der Waals surface area (Å²) in [5.41, 5.74) is 9.46. The molecule has 146 valence electrons. The summed E-state index contributed by atoms with van der Waals surface area (Å²) in [6.45, 7) is 9.69. The summed E-state index contributed by atoms with van der Waals surface area (Å²) < 4.78 is 8.27. The van der Waals surface area contributed by atoms with Gasteiger partial charge in [0.15, 0.2) is 0 Å². The molecule has 0 unspecified atom stereocenters. The predicted molar refractivity (Wildman–Crippen MR) is 105 cm³/mol. The number of hydrogen-bond acceptors (Lipinski definition) is 7. The molecular weight excluding hydrogens is 342 g/mol. The summed E-state index contributed by atoms with van der Waals surface area (Å²) in [6.07, 6.45) is 3.68. The third-order valence-electron chi connectivity index (χ3n) is 5.99. The summed E-state index contributed by atoms with van der Waals surface area (Å²) in [4.78, 5) is 13.4. The fourth-order valence-electron chi connectivity index (χ4n) is 4.26. The van der Waals surface area contributed by atoms with Crippen molar-refractivity contribution in [1.82, 2.24) is 24.6 Å². The Balaban J connectivity index is 1.41. The molecule has 2 aromatic rings. The molecule has 27 heavy (non-hydrogen) atoms. The van der Waals surface area contributed by atoms with Gasteiger partial charge in [0.25, 0.3) is 0 Å². The van der Waals surface area contributed by atoms with Gasteiger partial charge in [-0.3, -0.25) is 9.58 Å². The van der Waals surface area contributed by atoms with Crippen LogP contribution in [0.25, 0.3) is 0 Å². The van der Waals surface area contributed by atoms with E-state index in [4.69, 9.17) is 10.5 Å². The third kappa shape index (κ3) is 3.64. The van der Waals surface area contributed by atoms with Crippen LogP contribution in [0.2, 0.25) is 0 Å². The molecule has 4 rings (SSSR count). The number of nitrogens with zero attached hydrogens (tertiary/aromatic N) is 6. The van der Waals surface area contributed by atoms with E-state index < -0.39 is 0 Å². The minimum absolute atomic E-state index is 0.0703. The maximum Gasteiger partial charge on any atom is 0.227 e. The van der Waals surface area contributed by atoms with Crippen molar-refractivity contribution in [3.63, 3.8) is 0 Å². The minimum Gasteiger partial charge on any atom is -0.384 e. The van der Waals surface area contributed by atoms with Gasteiger partial charge in [0, 0.05) is 57.2 Å². The molecule has 8 heteroatoms. The van der Waals surface area contributed by atoms with Gasteiger partial charge in [-0.1, -0.05) is 0 Å². The monoisotopic (exact) mass is 371 g/mol. The number of morpholine rings is 1. The summed E-state index contributed by atoms with van der Waals surface area (Å²) >= 11 is 0. The highest BCUT2D eigenvalue weighted by atomic mass is 16.5. The number of nitrogens with two attached hydrogens (primary N) is 1. The van der Waals surface area contributed by atoms with Crippen LogP contribution in [-0.4, -0.2) is 63.0 Å². The number of ether oxygens (including phenoxy) is 1. The average Bonchev–Trinajstić information content (AvgIpc) is 2.89. The van der Waals surface area contributed by atoms with Crippen molar-refractivity contribution in [2.45, 2.75) is 38.8 Å².